The second-order valence-electron chi connectivity index (χ2n) is 7.50. The van der Waals surface area contributed by atoms with E-state index in [1.807, 2.05) is 68.4 Å². The fourth-order valence-electron chi connectivity index (χ4n) is 3.43. The molecule has 1 aromatic carbocycles. The van der Waals surface area contributed by atoms with E-state index in [-0.39, 0.29) is 11.9 Å². The molecule has 6 heteroatoms. The van der Waals surface area contributed by atoms with Crippen LogP contribution in [0.5, 0.6) is 0 Å². The molecule has 1 fully saturated rings. The van der Waals surface area contributed by atoms with E-state index in [0.29, 0.717) is 6.04 Å². The number of nitrogens with zero attached hydrogens (tertiary/aromatic N) is 3. The first-order chi connectivity index (χ1) is 13.5. The van der Waals surface area contributed by atoms with Gasteiger partial charge in [-0.1, -0.05) is 30.3 Å². The zero-order valence-electron chi connectivity index (χ0n) is 16.9. The van der Waals surface area contributed by atoms with Crippen molar-refractivity contribution >= 4 is 23.6 Å². The minimum atomic E-state index is -0.0256. The summed E-state index contributed by atoms with van der Waals surface area (Å²) in [4.78, 5) is 23.1. The van der Waals surface area contributed by atoms with Crippen LogP contribution >= 0.6 is 0 Å². The van der Waals surface area contributed by atoms with Crippen molar-refractivity contribution < 1.29 is 4.79 Å². The Kier molecular flexibility index (Phi) is 6.63. The number of carbonyl (C=O) groups is 1. The Balaban J connectivity index is 1.47. The zero-order valence-corrected chi connectivity index (χ0v) is 16.9. The topological polar surface area (TPSA) is 70.2 Å². The monoisotopic (exact) mass is 379 g/mol. The molecule has 0 bridgehead atoms. The Morgan fingerprint density at radius 1 is 1.07 bits per heavy atom. The first-order valence-electron chi connectivity index (χ1n) is 9.83. The van der Waals surface area contributed by atoms with E-state index in [1.54, 1.807) is 6.08 Å². The highest BCUT2D eigenvalue weighted by Gasteiger charge is 2.22. The first-order valence-corrected chi connectivity index (χ1v) is 9.83. The highest BCUT2D eigenvalue weighted by atomic mass is 16.1. The van der Waals surface area contributed by atoms with Gasteiger partial charge in [0.15, 0.2) is 0 Å². The molecule has 0 spiro atoms. The predicted octanol–water partition coefficient (Wildman–Crippen LogP) is 3.40. The van der Waals surface area contributed by atoms with Crippen molar-refractivity contribution in [3.63, 3.8) is 0 Å². The van der Waals surface area contributed by atoms with Gasteiger partial charge in [0, 0.05) is 38.3 Å². The quantitative estimate of drug-likeness (QED) is 0.753. The third-order valence-electron chi connectivity index (χ3n) is 4.93. The highest BCUT2D eigenvalue weighted by molar-refractivity contribution is 5.91. The summed E-state index contributed by atoms with van der Waals surface area (Å²) in [6.45, 7) is 1.91. The lowest BCUT2D eigenvalue weighted by molar-refractivity contribution is -0.117. The number of nitrogens with one attached hydrogen (secondary N) is 2. The first kappa shape index (κ1) is 19.9. The third kappa shape index (κ3) is 5.81. The summed E-state index contributed by atoms with van der Waals surface area (Å²) in [5, 5.41) is 6.65. The number of hydrogen-bond donors (Lipinski definition) is 2. The van der Waals surface area contributed by atoms with Gasteiger partial charge in [-0.05, 0) is 44.2 Å². The number of hydrogen-bond acceptors (Lipinski definition) is 5. The summed E-state index contributed by atoms with van der Waals surface area (Å²) in [5.41, 5.74) is 1.03. The van der Waals surface area contributed by atoms with Crippen molar-refractivity contribution in [2.24, 2.45) is 0 Å². The van der Waals surface area contributed by atoms with E-state index >= 15 is 0 Å². The number of aryl methyl sites for hydroxylation is 1. The van der Waals surface area contributed by atoms with Crippen molar-refractivity contribution in [1.29, 1.82) is 0 Å². The Morgan fingerprint density at radius 3 is 2.43 bits per heavy atom. The molecule has 0 aliphatic heterocycles. The van der Waals surface area contributed by atoms with Gasteiger partial charge in [0.05, 0.1) is 0 Å². The van der Waals surface area contributed by atoms with Crippen LogP contribution in [0.3, 0.4) is 0 Å². The molecule has 1 amide bonds. The van der Waals surface area contributed by atoms with Gasteiger partial charge >= 0.3 is 0 Å². The van der Waals surface area contributed by atoms with Crippen LogP contribution in [0.25, 0.3) is 6.08 Å². The summed E-state index contributed by atoms with van der Waals surface area (Å²) in [7, 11) is 3.96. The van der Waals surface area contributed by atoms with E-state index in [4.69, 9.17) is 0 Å². The number of anilines is 2. The molecule has 0 atom stereocenters. The molecule has 6 nitrogen and oxygen atoms in total. The maximum Gasteiger partial charge on any atom is 0.244 e. The molecule has 1 aromatic heterocycles. The van der Waals surface area contributed by atoms with Gasteiger partial charge in [0.1, 0.15) is 17.5 Å². The summed E-state index contributed by atoms with van der Waals surface area (Å²) in [6, 6.07) is 12.4. The van der Waals surface area contributed by atoms with Gasteiger partial charge in [-0.25, -0.2) is 9.97 Å². The fraction of sp³-hybridized carbons (Fsp3) is 0.409. The lowest BCUT2D eigenvalue weighted by Gasteiger charge is -2.30. The van der Waals surface area contributed by atoms with Crippen molar-refractivity contribution in [2.75, 3.05) is 24.3 Å². The normalized spacial score (nSPS) is 19.4. The zero-order chi connectivity index (χ0) is 19.9. The summed E-state index contributed by atoms with van der Waals surface area (Å²) in [5.74, 6) is 2.51. The minimum Gasteiger partial charge on any atom is -0.367 e. The lowest BCUT2D eigenvalue weighted by atomic mass is 9.91. The fourth-order valence-corrected chi connectivity index (χ4v) is 3.43. The highest BCUT2D eigenvalue weighted by Crippen LogP contribution is 2.23. The molecule has 2 N–H and O–H groups in total. The molecule has 1 aliphatic carbocycles. The SMILES string of the molecule is Cc1nc(NC2CCC(NC(=O)/C=C/c3ccccc3)CC2)cc(N(C)C)n1. The lowest BCUT2D eigenvalue weighted by Crippen LogP contribution is -2.39. The summed E-state index contributed by atoms with van der Waals surface area (Å²) < 4.78 is 0. The standard InChI is InChI=1S/C22H29N5O/c1-16-23-20(15-21(24-16)27(2)3)25-18-10-12-19(13-11-18)26-22(28)14-9-17-7-5-4-6-8-17/h4-9,14-15,18-19H,10-13H2,1-3H3,(H,26,28)(H,23,24,25)/b14-9+. The smallest absolute Gasteiger partial charge is 0.244 e. The van der Waals surface area contributed by atoms with Gasteiger partial charge in [0.2, 0.25) is 5.91 Å². The van der Waals surface area contributed by atoms with Gasteiger partial charge in [-0.2, -0.15) is 0 Å². The Bertz CT molecular complexity index is 811. The van der Waals surface area contributed by atoms with Gasteiger partial charge in [-0.15, -0.1) is 0 Å². The van der Waals surface area contributed by atoms with Crippen LogP contribution in [-0.2, 0) is 4.79 Å². The largest absolute Gasteiger partial charge is 0.367 e. The number of carbonyl (C=O) groups excluding carboxylic acids is 1. The number of aromatic nitrogens is 2. The van der Waals surface area contributed by atoms with Crippen LogP contribution in [0, 0.1) is 6.92 Å². The molecule has 3 rings (SSSR count). The summed E-state index contributed by atoms with van der Waals surface area (Å²) >= 11 is 0. The van der Waals surface area contributed by atoms with E-state index < -0.39 is 0 Å². The van der Waals surface area contributed by atoms with Crippen molar-refractivity contribution in [3.05, 3.63) is 53.9 Å². The van der Waals surface area contributed by atoms with Crippen LogP contribution in [0.2, 0.25) is 0 Å². The van der Waals surface area contributed by atoms with Crippen LogP contribution in [-0.4, -0.2) is 42.1 Å². The van der Waals surface area contributed by atoms with Gasteiger partial charge in [-0.3, -0.25) is 4.79 Å². The van der Waals surface area contributed by atoms with Gasteiger partial charge in [0.25, 0.3) is 0 Å². The third-order valence-corrected chi connectivity index (χ3v) is 4.93. The van der Waals surface area contributed by atoms with Crippen LogP contribution in [0.1, 0.15) is 37.1 Å². The number of amides is 1. The van der Waals surface area contributed by atoms with Crippen LogP contribution in [0.4, 0.5) is 11.6 Å². The van der Waals surface area contributed by atoms with Crippen molar-refractivity contribution in [3.8, 4) is 0 Å². The Hall–Kier alpha value is -2.89. The summed E-state index contributed by atoms with van der Waals surface area (Å²) in [6.07, 6.45) is 7.41. The maximum atomic E-state index is 12.2. The van der Waals surface area contributed by atoms with Crippen LogP contribution in [0.15, 0.2) is 42.5 Å². The molecule has 2 aromatic rings. The van der Waals surface area contributed by atoms with Crippen LogP contribution < -0.4 is 15.5 Å². The molecule has 1 saturated carbocycles. The van der Waals surface area contributed by atoms with E-state index in [0.717, 1.165) is 48.7 Å². The number of rotatable bonds is 6. The minimum absolute atomic E-state index is 0.0256. The Morgan fingerprint density at radius 2 is 1.75 bits per heavy atom. The maximum absolute atomic E-state index is 12.2. The van der Waals surface area contributed by atoms with E-state index in [2.05, 4.69) is 20.6 Å². The second kappa shape index (κ2) is 9.35. The predicted molar refractivity (Wildman–Crippen MR) is 114 cm³/mol. The van der Waals surface area contributed by atoms with E-state index in [1.165, 1.54) is 0 Å². The molecule has 1 aliphatic rings. The second-order valence-corrected chi connectivity index (χ2v) is 7.50. The Labute approximate surface area is 167 Å². The molecular weight excluding hydrogens is 350 g/mol. The van der Waals surface area contributed by atoms with E-state index in [9.17, 15) is 4.79 Å². The molecule has 1 heterocycles. The molecule has 28 heavy (non-hydrogen) atoms. The number of benzene rings is 1. The molecular formula is C22H29N5O. The molecule has 148 valence electrons. The molecule has 0 unspecified atom stereocenters. The van der Waals surface area contributed by atoms with Crippen molar-refractivity contribution in [1.82, 2.24) is 15.3 Å². The average molecular weight is 380 g/mol. The molecule has 0 saturated heterocycles. The van der Waals surface area contributed by atoms with Crippen molar-refractivity contribution in [2.45, 2.75) is 44.7 Å². The molecule has 0 radical (unpaired) electrons. The average Bonchev–Trinajstić information content (AvgIpc) is 2.68. The van der Waals surface area contributed by atoms with Gasteiger partial charge < -0.3 is 15.5 Å².